The molecular formula is C15H12BrN3O. The number of ether oxygens (including phenoxy) is 1. The van der Waals surface area contributed by atoms with E-state index in [1.807, 2.05) is 31.2 Å². The molecule has 5 heteroatoms. The minimum Gasteiger partial charge on any atom is -0.455 e. The Hall–Kier alpha value is -2.14. The van der Waals surface area contributed by atoms with Crippen molar-refractivity contribution in [3.8, 4) is 11.5 Å². The van der Waals surface area contributed by atoms with Crippen LogP contribution in [0.3, 0.4) is 0 Å². The third-order valence-corrected chi connectivity index (χ3v) is 3.36. The van der Waals surface area contributed by atoms with E-state index < -0.39 is 0 Å². The van der Waals surface area contributed by atoms with Crippen LogP contribution in [0.25, 0.3) is 11.0 Å². The Morgan fingerprint density at radius 1 is 1.10 bits per heavy atom. The molecule has 0 bridgehead atoms. The number of halogens is 1. The second kappa shape index (κ2) is 5.09. The number of hydrogen-bond acceptors (Lipinski definition) is 4. The van der Waals surface area contributed by atoms with Gasteiger partial charge >= 0.3 is 0 Å². The Kier molecular flexibility index (Phi) is 3.28. The van der Waals surface area contributed by atoms with Gasteiger partial charge in [-0.2, -0.15) is 0 Å². The summed E-state index contributed by atoms with van der Waals surface area (Å²) >= 11 is 3.39. The van der Waals surface area contributed by atoms with Crippen molar-refractivity contribution < 1.29 is 4.74 Å². The summed E-state index contributed by atoms with van der Waals surface area (Å²) in [5.41, 5.74) is 8.95. The lowest BCUT2D eigenvalue weighted by Gasteiger charge is -2.10. The molecule has 2 aromatic heterocycles. The molecule has 0 amide bonds. The molecule has 3 rings (SSSR count). The minimum absolute atomic E-state index is 0.676. The van der Waals surface area contributed by atoms with E-state index in [2.05, 4.69) is 25.9 Å². The maximum absolute atomic E-state index is 5.94. The molecule has 0 fully saturated rings. The van der Waals surface area contributed by atoms with Crippen molar-refractivity contribution in [1.29, 1.82) is 0 Å². The van der Waals surface area contributed by atoms with Crippen molar-refractivity contribution >= 4 is 32.7 Å². The smallest absolute Gasteiger partial charge is 0.156 e. The van der Waals surface area contributed by atoms with E-state index in [-0.39, 0.29) is 0 Å². The Labute approximate surface area is 124 Å². The topological polar surface area (TPSA) is 61.0 Å². The maximum atomic E-state index is 5.94. The van der Waals surface area contributed by atoms with E-state index in [1.54, 1.807) is 18.5 Å². The van der Waals surface area contributed by atoms with Crippen molar-refractivity contribution in [3.05, 3.63) is 52.8 Å². The summed E-state index contributed by atoms with van der Waals surface area (Å²) in [4.78, 5) is 8.65. The molecule has 0 aliphatic rings. The number of aryl methyl sites for hydroxylation is 1. The summed E-state index contributed by atoms with van der Waals surface area (Å²) in [6.07, 6.45) is 3.44. The number of pyridine rings is 2. The summed E-state index contributed by atoms with van der Waals surface area (Å²) in [6, 6.07) is 9.26. The number of benzene rings is 1. The molecule has 0 saturated carbocycles. The molecule has 0 unspecified atom stereocenters. The highest BCUT2D eigenvalue weighted by Crippen LogP contribution is 2.30. The number of fused-ring (bicyclic) bond motifs is 1. The van der Waals surface area contributed by atoms with Crippen LogP contribution in [-0.2, 0) is 0 Å². The van der Waals surface area contributed by atoms with Crippen molar-refractivity contribution in [2.24, 2.45) is 0 Å². The lowest BCUT2D eigenvalue weighted by molar-refractivity contribution is 0.483. The summed E-state index contributed by atoms with van der Waals surface area (Å²) in [6.45, 7) is 1.96. The summed E-state index contributed by atoms with van der Waals surface area (Å²) in [5, 5.41) is 0. The average molecular weight is 330 g/mol. The van der Waals surface area contributed by atoms with Gasteiger partial charge in [-0.1, -0.05) is 0 Å². The molecule has 2 heterocycles. The molecule has 3 aromatic rings. The number of aromatic nitrogens is 2. The highest BCUT2D eigenvalue weighted by Gasteiger charge is 2.08. The molecule has 0 atom stereocenters. The zero-order chi connectivity index (χ0) is 14.1. The Balaban J connectivity index is 2.06. The van der Waals surface area contributed by atoms with Gasteiger partial charge in [-0.3, -0.25) is 4.98 Å². The van der Waals surface area contributed by atoms with Crippen LogP contribution in [0.4, 0.5) is 5.69 Å². The first-order valence-electron chi connectivity index (χ1n) is 6.08. The largest absolute Gasteiger partial charge is 0.455 e. The molecule has 0 aliphatic heterocycles. The molecular weight excluding hydrogens is 318 g/mol. The number of rotatable bonds is 2. The molecule has 100 valence electrons. The number of nitrogens with two attached hydrogens (primary N) is 1. The first-order chi connectivity index (χ1) is 9.63. The third-order valence-electron chi connectivity index (χ3n) is 2.93. The highest BCUT2D eigenvalue weighted by atomic mass is 79.9. The van der Waals surface area contributed by atoms with E-state index in [0.717, 1.165) is 32.5 Å². The zero-order valence-corrected chi connectivity index (χ0v) is 12.4. The minimum atomic E-state index is 0.676. The van der Waals surface area contributed by atoms with Crippen LogP contribution < -0.4 is 10.5 Å². The zero-order valence-electron chi connectivity index (χ0n) is 10.8. The van der Waals surface area contributed by atoms with Crippen LogP contribution in [-0.4, -0.2) is 9.97 Å². The van der Waals surface area contributed by atoms with Gasteiger partial charge in [-0.05, 0) is 52.7 Å². The van der Waals surface area contributed by atoms with Gasteiger partial charge in [-0.25, -0.2) is 4.98 Å². The molecule has 20 heavy (non-hydrogen) atoms. The van der Waals surface area contributed by atoms with Crippen molar-refractivity contribution in [2.45, 2.75) is 6.92 Å². The van der Waals surface area contributed by atoms with Gasteiger partial charge in [0.2, 0.25) is 0 Å². The van der Waals surface area contributed by atoms with Crippen molar-refractivity contribution in [2.75, 3.05) is 5.73 Å². The third kappa shape index (κ3) is 2.44. The van der Waals surface area contributed by atoms with Gasteiger partial charge < -0.3 is 10.5 Å². The Morgan fingerprint density at radius 2 is 1.95 bits per heavy atom. The molecule has 1 aromatic carbocycles. The molecule has 0 saturated heterocycles. The van der Waals surface area contributed by atoms with Crippen LogP contribution in [0, 0.1) is 6.92 Å². The van der Waals surface area contributed by atoms with E-state index >= 15 is 0 Å². The number of nitrogens with zero attached hydrogens (tertiary/aromatic N) is 2. The SMILES string of the molecule is Cc1cc(N)ccc1Oc1ccnc2cc(Br)cnc12. The van der Waals surface area contributed by atoms with Crippen LogP contribution in [0.5, 0.6) is 11.5 Å². The van der Waals surface area contributed by atoms with E-state index in [4.69, 9.17) is 10.5 Å². The fourth-order valence-electron chi connectivity index (χ4n) is 1.97. The van der Waals surface area contributed by atoms with E-state index in [1.165, 1.54) is 0 Å². The Morgan fingerprint density at radius 3 is 2.75 bits per heavy atom. The normalized spacial score (nSPS) is 10.7. The standard InChI is InChI=1S/C15H12BrN3O/c1-9-6-11(17)2-3-13(9)20-14-4-5-18-12-7-10(16)8-19-15(12)14/h2-8H,17H2,1H3. The highest BCUT2D eigenvalue weighted by molar-refractivity contribution is 9.10. The summed E-state index contributed by atoms with van der Waals surface area (Å²) < 4.78 is 6.83. The van der Waals surface area contributed by atoms with Crippen molar-refractivity contribution in [1.82, 2.24) is 9.97 Å². The van der Waals surface area contributed by atoms with E-state index in [0.29, 0.717) is 5.75 Å². The van der Waals surface area contributed by atoms with Gasteiger partial charge in [0.25, 0.3) is 0 Å². The monoisotopic (exact) mass is 329 g/mol. The molecule has 0 spiro atoms. The quantitative estimate of drug-likeness (QED) is 0.720. The van der Waals surface area contributed by atoms with Gasteiger partial charge in [0.05, 0.1) is 5.52 Å². The molecule has 0 aliphatic carbocycles. The predicted octanol–water partition coefficient (Wildman–Crippen LogP) is 4.08. The average Bonchev–Trinajstić information content (AvgIpc) is 2.41. The number of hydrogen-bond donors (Lipinski definition) is 1. The number of anilines is 1. The summed E-state index contributed by atoms with van der Waals surface area (Å²) in [5.74, 6) is 1.44. The second-order valence-corrected chi connectivity index (χ2v) is 5.37. The van der Waals surface area contributed by atoms with Crippen LogP contribution in [0.1, 0.15) is 5.56 Å². The summed E-state index contributed by atoms with van der Waals surface area (Å²) in [7, 11) is 0. The Bertz CT molecular complexity index is 789. The van der Waals surface area contributed by atoms with Gasteiger partial charge in [0.15, 0.2) is 5.75 Å². The first-order valence-corrected chi connectivity index (χ1v) is 6.87. The van der Waals surface area contributed by atoms with Crippen molar-refractivity contribution in [3.63, 3.8) is 0 Å². The predicted molar refractivity (Wildman–Crippen MR) is 82.9 cm³/mol. The molecule has 0 radical (unpaired) electrons. The second-order valence-electron chi connectivity index (χ2n) is 4.46. The van der Waals surface area contributed by atoms with Crippen LogP contribution in [0.15, 0.2) is 47.2 Å². The van der Waals surface area contributed by atoms with Gasteiger partial charge in [0.1, 0.15) is 11.3 Å². The van der Waals surface area contributed by atoms with Gasteiger partial charge in [0, 0.05) is 28.6 Å². The van der Waals surface area contributed by atoms with Crippen LogP contribution >= 0.6 is 15.9 Å². The fraction of sp³-hybridized carbons (Fsp3) is 0.0667. The fourth-order valence-corrected chi connectivity index (χ4v) is 2.29. The maximum Gasteiger partial charge on any atom is 0.156 e. The molecule has 4 nitrogen and oxygen atoms in total. The number of nitrogen functional groups attached to an aromatic ring is 1. The molecule has 2 N–H and O–H groups in total. The lowest BCUT2D eigenvalue weighted by atomic mass is 10.2. The van der Waals surface area contributed by atoms with E-state index in [9.17, 15) is 0 Å². The lowest BCUT2D eigenvalue weighted by Crippen LogP contribution is -1.93. The van der Waals surface area contributed by atoms with Gasteiger partial charge in [-0.15, -0.1) is 0 Å². The van der Waals surface area contributed by atoms with Crippen LogP contribution in [0.2, 0.25) is 0 Å². The first kappa shape index (κ1) is 12.9.